The molecule has 0 amide bonds. The van der Waals surface area contributed by atoms with Gasteiger partial charge < -0.3 is 10.2 Å². The number of hydrogen-bond donors (Lipinski definition) is 2. The SMILES string of the molecule is CCCCC(C)(C)[C@H](O)/C=C/[C@H]1C=CC(=O)[C@@H]1CCCC[C@@H]1C[C@H]1C(=O)O. The third-order valence-corrected chi connectivity index (χ3v) is 6.38. The van der Waals surface area contributed by atoms with Crippen LogP contribution in [0.25, 0.3) is 0 Å². The average molecular weight is 377 g/mol. The van der Waals surface area contributed by atoms with Crippen LogP contribution in [0.1, 0.15) is 72.1 Å². The summed E-state index contributed by atoms with van der Waals surface area (Å²) in [5.74, 6) is -0.229. The summed E-state index contributed by atoms with van der Waals surface area (Å²) in [7, 11) is 0. The number of aliphatic hydroxyl groups excluding tert-OH is 1. The molecule has 2 N–H and O–H groups in total. The highest BCUT2D eigenvalue weighted by molar-refractivity contribution is 5.94. The maximum absolute atomic E-state index is 12.2. The summed E-state index contributed by atoms with van der Waals surface area (Å²) < 4.78 is 0. The van der Waals surface area contributed by atoms with Crippen LogP contribution in [0.2, 0.25) is 0 Å². The molecular weight excluding hydrogens is 340 g/mol. The fourth-order valence-corrected chi connectivity index (χ4v) is 4.10. The predicted molar refractivity (Wildman–Crippen MR) is 107 cm³/mol. The normalized spacial score (nSPS) is 28.8. The molecule has 0 aliphatic heterocycles. The highest BCUT2D eigenvalue weighted by Gasteiger charge is 2.42. The van der Waals surface area contributed by atoms with Crippen LogP contribution in [-0.2, 0) is 9.59 Å². The molecule has 4 heteroatoms. The first kappa shape index (κ1) is 21.9. The van der Waals surface area contributed by atoms with Gasteiger partial charge in [-0.3, -0.25) is 9.59 Å². The van der Waals surface area contributed by atoms with Crippen molar-refractivity contribution in [2.75, 3.05) is 0 Å². The molecule has 0 radical (unpaired) electrons. The Morgan fingerprint density at radius 3 is 2.63 bits per heavy atom. The average Bonchev–Trinajstić information content (AvgIpc) is 3.32. The van der Waals surface area contributed by atoms with Gasteiger partial charge in [-0.1, -0.05) is 64.7 Å². The number of carboxylic acid groups (broad SMARTS) is 1. The van der Waals surface area contributed by atoms with Gasteiger partial charge >= 0.3 is 5.97 Å². The van der Waals surface area contributed by atoms with E-state index in [1.807, 2.05) is 18.2 Å². The lowest BCUT2D eigenvalue weighted by molar-refractivity contribution is -0.138. The van der Waals surface area contributed by atoms with E-state index in [0.717, 1.165) is 51.4 Å². The van der Waals surface area contributed by atoms with E-state index in [-0.39, 0.29) is 29.0 Å². The van der Waals surface area contributed by atoms with E-state index in [4.69, 9.17) is 5.11 Å². The van der Waals surface area contributed by atoms with Gasteiger partial charge in [-0.05, 0) is 43.1 Å². The van der Waals surface area contributed by atoms with Gasteiger partial charge in [0.05, 0.1) is 12.0 Å². The molecule has 5 atom stereocenters. The van der Waals surface area contributed by atoms with E-state index in [0.29, 0.717) is 5.92 Å². The van der Waals surface area contributed by atoms with Crippen molar-refractivity contribution in [2.45, 2.75) is 78.2 Å². The predicted octanol–water partition coefficient (Wildman–Crippen LogP) is 4.77. The molecule has 0 unspecified atom stereocenters. The van der Waals surface area contributed by atoms with E-state index in [9.17, 15) is 14.7 Å². The quantitative estimate of drug-likeness (QED) is 0.380. The Bertz CT molecular complexity index is 575. The number of carbonyl (C=O) groups is 2. The lowest BCUT2D eigenvalue weighted by Gasteiger charge is -2.29. The van der Waals surface area contributed by atoms with Gasteiger partial charge in [0.25, 0.3) is 0 Å². The molecule has 0 aromatic carbocycles. The summed E-state index contributed by atoms with van der Waals surface area (Å²) >= 11 is 0. The number of aliphatic hydroxyl groups is 1. The Kier molecular flexibility index (Phi) is 7.84. The molecule has 0 aromatic heterocycles. The van der Waals surface area contributed by atoms with Gasteiger partial charge in [0.1, 0.15) is 0 Å². The maximum atomic E-state index is 12.2. The van der Waals surface area contributed by atoms with Crippen LogP contribution in [-0.4, -0.2) is 28.1 Å². The molecular formula is C23H36O4. The number of rotatable bonds is 12. The first-order valence-corrected chi connectivity index (χ1v) is 10.6. The third-order valence-electron chi connectivity index (χ3n) is 6.38. The molecule has 27 heavy (non-hydrogen) atoms. The third kappa shape index (κ3) is 6.31. The second-order valence-corrected chi connectivity index (χ2v) is 9.09. The monoisotopic (exact) mass is 376 g/mol. The molecule has 4 nitrogen and oxygen atoms in total. The molecule has 2 aliphatic rings. The first-order chi connectivity index (χ1) is 12.8. The van der Waals surface area contributed by atoms with Gasteiger partial charge in [0.2, 0.25) is 0 Å². The summed E-state index contributed by atoms with van der Waals surface area (Å²) in [6, 6.07) is 0. The van der Waals surface area contributed by atoms with Crippen molar-refractivity contribution < 1.29 is 19.8 Å². The van der Waals surface area contributed by atoms with E-state index < -0.39 is 12.1 Å². The highest BCUT2D eigenvalue weighted by atomic mass is 16.4. The van der Waals surface area contributed by atoms with Crippen molar-refractivity contribution in [3.63, 3.8) is 0 Å². The minimum Gasteiger partial charge on any atom is -0.481 e. The van der Waals surface area contributed by atoms with Gasteiger partial charge in [-0.2, -0.15) is 0 Å². The van der Waals surface area contributed by atoms with Crippen LogP contribution < -0.4 is 0 Å². The van der Waals surface area contributed by atoms with Crippen molar-refractivity contribution in [2.24, 2.45) is 29.1 Å². The summed E-state index contributed by atoms with van der Waals surface area (Å²) in [6.45, 7) is 6.34. The van der Waals surface area contributed by atoms with Crippen molar-refractivity contribution >= 4 is 11.8 Å². The molecule has 1 fully saturated rings. The topological polar surface area (TPSA) is 74.6 Å². The largest absolute Gasteiger partial charge is 0.481 e. The van der Waals surface area contributed by atoms with Crippen LogP contribution in [0.4, 0.5) is 0 Å². The zero-order valence-corrected chi connectivity index (χ0v) is 17.1. The Hall–Kier alpha value is -1.42. The standard InChI is InChI=1S/C23H36O4/c1-4-5-14-23(2,3)21(25)13-11-16-10-12-20(24)18(16)9-7-6-8-17-15-19(17)22(26)27/h10-13,16-19,21,25H,4-9,14-15H2,1-3H3,(H,26,27)/b13-11+/t16-,17-,18-,19-,21-/m1/s1. The second kappa shape index (κ2) is 9.68. The van der Waals surface area contributed by atoms with Crippen LogP contribution in [0.15, 0.2) is 24.3 Å². The van der Waals surface area contributed by atoms with E-state index in [2.05, 4.69) is 20.8 Å². The maximum Gasteiger partial charge on any atom is 0.306 e. The number of aliphatic carboxylic acids is 1. The fraction of sp³-hybridized carbons (Fsp3) is 0.739. The smallest absolute Gasteiger partial charge is 0.306 e. The summed E-state index contributed by atoms with van der Waals surface area (Å²) in [5.41, 5.74) is -0.153. The summed E-state index contributed by atoms with van der Waals surface area (Å²) in [5, 5.41) is 19.5. The minimum atomic E-state index is -0.666. The molecule has 2 aliphatic carbocycles. The number of carbonyl (C=O) groups excluding carboxylic acids is 1. The Morgan fingerprint density at radius 1 is 1.30 bits per heavy atom. The van der Waals surface area contributed by atoms with E-state index in [1.165, 1.54) is 0 Å². The summed E-state index contributed by atoms with van der Waals surface area (Å²) in [6.07, 6.45) is 14.8. The van der Waals surface area contributed by atoms with Crippen LogP contribution in [0.3, 0.4) is 0 Å². The molecule has 0 bridgehead atoms. The van der Waals surface area contributed by atoms with Gasteiger partial charge in [0, 0.05) is 11.8 Å². The molecule has 0 spiro atoms. The fourth-order valence-electron chi connectivity index (χ4n) is 4.10. The van der Waals surface area contributed by atoms with Crippen LogP contribution >= 0.6 is 0 Å². The van der Waals surface area contributed by atoms with E-state index in [1.54, 1.807) is 6.08 Å². The van der Waals surface area contributed by atoms with Crippen LogP contribution in [0, 0.1) is 29.1 Å². The number of carboxylic acids is 1. The lowest BCUT2D eigenvalue weighted by atomic mass is 9.80. The zero-order valence-electron chi connectivity index (χ0n) is 17.1. The zero-order chi connectivity index (χ0) is 20.0. The van der Waals surface area contributed by atoms with Crippen molar-refractivity contribution in [1.29, 1.82) is 0 Å². The van der Waals surface area contributed by atoms with Crippen molar-refractivity contribution in [3.05, 3.63) is 24.3 Å². The Morgan fingerprint density at radius 2 is 2.00 bits per heavy atom. The number of ketones is 1. The highest BCUT2D eigenvalue weighted by Crippen LogP contribution is 2.42. The number of hydrogen-bond acceptors (Lipinski definition) is 3. The van der Waals surface area contributed by atoms with Crippen molar-refractivity contribution in [3.8, 4) is 0 Å². The first-order valence-electron chi connectivity index (χ1n) is 10.6. The summed E-state index contributed by atoms with van der Waals surface area (Å²) in [4.78, 5) is 23.1. The van der Waals surface area contributed by atoms with Gasteiger partial charge in [-0.15, -0.1) is 0 Å². The van der Waals surface area contributed by atoms with Gasteiger partial charge in [0.15, 0.2) is 5.78 Å². The van der Waals surface area contributed by atoms with Crippen LogP contribution in [0.5, 0.6) is 0 Å². The molecule has 0 heterocycles. The lowest BCUT2D eigenvalue weighted by Crippen LogP contribution is -2.27. The molecule has 0 aromatic rings. The van der Waals surface area contributed by atoms with E-state index >= 15 is 0 Å². The Labute approximate surface area is 163 Å². The number of allylic oxidation sites excluding steroid dienone is 3. The van der Waals surface area contributed by atoms with Gasteiger partial charge in [-0.25, -0.2) is 0 Å². The second-order valence-electron chi connectivity index (χ2n) is 9.09. The molecule has 1 saturated carbocycles. The molecule has 152 valence electrons. The molecule has 2 rings (SSSR count). The molecule has 0 saturated heterocycles. The minimum absolute atomic E-state index is 0.0262. The number of unbranched alkanes of at least 4 members (excludes halogenated alkanes) is 2. The Balaban J connectivity index is 1.77. The van der Waals surface area contributed by atoms with Crippen molar-refractivity contribution in [1.82, 2.24) is 0 Å².